The molecule has 2 rings (SSSR count). The average molecular weight is 298 g/mol. The van der Waals surface area contributed by atoms with E-state index in [-0.39, 0.29) is 4.90 Å². The Hall–Kier alpha value is -1.11. The van der Waals surface area contributed by atoms with Crippen molar-refractivity contribution in [1.29, 1.82) is 0 Å². The molecule has 1 fully saturated rings. The summed E-state index contributed by atoms with van der Waals surface area (Å²) >= 11 is 0. The fraction of sp³-hybridized carbons (Fsp3) is 0.571. The summed E-state index contributed by atoms with van der Waals surface area (Å²) in [4.78, 5) is 2.54. The van der Waals surface area contributed by atoms with Gasteiger partial charge in [0.25, 0.3) is 0 Å². The van der Waals surface area contributed by atoms with Crippen LogP contribution < -0.4 is 9.88 Å². The van der Waals surface area contributed by atoms with Gasteiger partial charge in [0.15, 0.2) is 0 Å². The first kappa shape index (κ1) is 15.3. The van der Waals surface area contributed by atoms with Crippen LogP contribution in [0.3, 0.4) is 0 Å². The highest BCUT2D eigenvalue weighted by atomic mass is 32.2. The Bertz CT molecular complexity index is 578. The van der Waals surface area contributed by atoms with Crippen molar-refractivity contribution in [2.24, 2.45) is 5.14 Å². The summed E-state index contributed by atoms with van der Waals surface area (Å²) in [5.41, 5.74) is 1.41. The van der Waals surface area contributed by atoms with Crippen LogP contribution in [0.4, 0.5) is 0 Å². The Morgan fingerprint density at radius 3 is 2.45 bits per heavy atom. The van der Waals surface area contributed by atoms with E-state index in [9.17, 15) is 8.42 Å². The van der Waals surface area contributed by atoms with E-state index in [0.29, 0.717) is 12.2 Å². The normalized spacial score (nSPS) is 16.6. The first-order valence-electron chi connectivity index (χ1n) is 6.87. The fourth-order valence-electron chi connectivity index (χ4n) is 2.52. The van der Waals surface area contributed by atoms with Crippen molar-refractivity contribution in [3.8, 4) is 5.75 Å². The molecule has 1 aromatic rings. The fourth-order valence-corrected chi connectivity index (χ4v) is 3.36. The van der Waals surface area contributed by atoms with Crippen molar-refractivity contribution in [1.82, 2.24) is 4.90 Å². The van der Waals surface area contributed by atoms with E-state index in [1.807, 2.05) is 6.92 Å². The summed E-state index contributed by atoms with van der Waals surface area (Å²) in [7, 11) is -3.67. The lowest BCUT2D eigenvalue weighted by Crippen LogP contribution is -2.25. The molecule has 0 atom stereocenters. The maximum absolute atomic E-state index is 11.4. The Morgan fingerprint density at radius 1 is 1.20 bits per heavy atom. The molecule has 1 aliphatic heterocycles. The van der Waals surface area contributed by atoms with Gasteiger partial charge in [-0.15, -0.1) is 0 Å². The predicted molar refractivity (Wildman–Crippen MR) is 78.5 cm³/mol. The molecule has 1 heterocycles. The number of rotatable bonds is 5. The van der Waals surface area contributed by atoms with Crippen molar-refractivity contribution < 1.29 is 13.2 Å². The number of likely N-dealkylation sites (tertiary alicyclic amines) is 1. The molecule has 112 valence electrons. The molecule has 1 aromatic carbocycles. The molecule has 0 aliphatic carbocycles. The third kappa shape index (κ3) is 3.71. The highest BCUT2D eigenvalue weighted by Crippen LogP contribution is 2.25. The highest BCUT2D eigenvalue weighted by Gasteiger charge is 2.15. The Kier molecular flexibility index (Phi) is 4.67. The lowest BCUT2D eigenvalue weighted by Gasteiger charge is -2.16. The van der Waals surface area contributed by atoms with Crippen LogP contribution in [-0.2, 0) is 10.0 Å². The van der Waals surface area contributed by atoms with Crippen molar-refractivity contribution in [2.75, 3.05) is 26.2 Å². The molecule has 1 aliphatic rings. The lowest BCUT2D eigenvalue weighted by molar-refractivity contribution is 0.236. The van der Waals surface area contributed by atoms with E-state index in [1.54, 1.807) is 19.1 Å². The predicted octanol–water partition coefficient (Wildman–Crippen LogP) is 1.43. The number of aryl methyl sites for hydroxylation is 2. The number of hydrogen-bond acceptors (Lipinski definition) is 4. The average Bonchev–Trinajstić information content (AvgIpc) is 2.84. The number of nitrogens with zero attached hydrogens (tertiary/aromatic N) is 1. The van der Waals surface area contributed by atoms with E-state index in [2.05, 4.69) is 4.90 Å². The highest BCUT2D eigenvalue weighted by molar-refractivity contribution is 7.89. The van der Waals surface area contributed by atoms with Crippen molar-refractivity contribution in [2.45, 2.75) is 31.6 Å². The van der Waals surface area contributed by atoms with E-state index < -0.39 is 10.0 Å². The minimum Gasteiger partial charge on any atom is -0.492 e. The smallest absolute Gasteiger partial charge is 0.238 e. The van der Waals surface area contributed by atoms with Gasteiger partial charge in [0, 0.05) is 6.54 Å². The lowest BCUT2D eigenvalue weighted by atomic mass is 10.1. The molecular weight excluding hydrogens is 276 g/mol. The summed E-state index contributed by atoms with van der Waals surface area (Å²) in [5, 5.41) is 5.18. The molecule has 2 N–H and O–H groups in total. The number of primary sulfonamides is 1. The van der Waals surface area contributed by atoms with Crippen LogP contribution in [0.5, 0.6) is 5.75 Å². The second-order valence-electron chi connectivity index (χ2n) is 5.33. The molecule has 0 aromatic heterocycles. The van der Waals surface area contributed by atoms with Gasteiger partial charge in [-0.25, -0.2) is 13.6 Å². The molecular formula is C14H22N2O3S. The van der Waals surface area contributed by atoms with Gasteiger partial charge in [0.2, 0.25) is 10.0 Å². The third-order valence-electron chi connectivity index (χ3n) is 3.64. The zero-order valence-electron chi connectivity index (χ0n) is 12.1. The van der Waals surface area contributed by atoms with Crippen LogP contribution in [0.15, 0.2) is 17.0 Å². The molecule has 6 heteroatoms. The number of sulfonamides is 1. The van der Waals surface area contributed by atoms with Crippen LogP contribution >= 0.6 is 0 Å². The molecule has 0 bridgehead atoms. The topological polar surface area (TPSA) is 72.6 Å². The monoisotopic (exact) mass is 298 g/mol. The molecule has 20 heavy (non-hydrogen) atoms. The van der Waals surface area contributed by atoms with Gasteiger partial charge in [-0.3, -0.25) is 4.90 Å². The molecule has 0 amide bonds. The van der Waals surface area contributed by atoms with Crippen LogP contribution in [0.1, 0.15) is 24.0 Å². The Labute approximate surface area is 120 Å². The van der Waals surface area contributed by atoms with Crippen LogP contribution in [0, 0.1) is 13.8 Å². The first-order valence-corrected chi connectivity index (χ1v) is 8.42. The van der Waals surface area contributed by atoms with Crippen LogP contribution in [0.25, 0.3) is 0 Å². The molecule has 0 saturated carbocycles. The largest absolute Gasteiger partial charge is 0.492 e. The quantitative estimate of drug-likeness (QED) is 0.892. The zero-order valence-corrected chi connectivity index (χ0v) is 12.9. The van der Waals surface area contributed by atoms with E-state index in [1.165, 1.54) is 12.8 Å². The van der Waals surface area contributed by atoms with Gasteiger partial charge < -0.3 is 4.74 Å². The van der Waals surface area contributed by atoms with Gasteiger partial charge in [-0.1, -0.05) is 0 Å². The van der Waals surface area contributed by atoms with E-state index in [4.69, 9.17) is 9.88 Å². The molecule has 1 saturated heterocycles. The van der Waals surface area contributed by atoms with Crippen LogP contribution in [-0.4, -0.2) is 39.6 Å². The molecule has 0 radical (unpaired) electrons. The minimum atomic E-state index is -3.67. The second kappa shape index (κ2) is 6.11. The summed E-state index contributed by atoms with van der Waals surface area (Å²) in [6.45, 7) is 7.38. The number of hydrogen-bond donors (Lipinski definition) is 1. The zero-order chi connectivity index (χ0) is 14.8. The number of nitrogens with two attached hydrogens (primary N) is 1. The van der Waals surface area contributed by atoms with Crippen molar-refractivity contribution in [3.63, 3.8) is 0 Å². The maximum Gasteiger partial charge on any atom is 0.238 e. The van der Waals surface area contributed by atoms with Crippen molar-refractivity contribution in [3.05, 3.63) is 23.3 Å². The standard InChI is InChI=1S/C14H22N2O3S/c1-11-10-14(20(15,17)18)12(2)9-13(11)19-8-7-16-5-3-4-6-16/h9-10H,3-8H2,1-2H3,(H2,15,17,18). The SMILES string of the molecule is Cc1cc(S(N)(=O)=O)c(C)cc1OCCN1CCCC1. The molecule has 0 spiro atoms. The van der Waals surface area contributed by atoms with Crippen LogP contribution in [0.2, 0.25) is 0 Å². The maximum atomic E-state index is 11.4. The number of ether oxygens (including phenoxy) is 1. The second-order valence-corrected chi connectivity index (χ2v) is 6.86. The van der Waals surface area contributed by atoms with Gasteiger partial charge in [0.05, 0.1) is 4.90 Å². The third-order valence-corrected chi connectivity index (χ3v) is 4.70. The summed E-state index contributed by atoms with van der Waals surface area (Å²) in [6.07, 6.45) is 2.53. The minimum absolute atomic E-state index is 0.168. The molecule has 0 unspecified atom stereocenters. The molecule has 5 nitrogen and oxygen atoms in total. The van der Waals surface area contributed by atoms with Gasteiger partial charge in [-0.05, 0) is 63.0 Å². The van der Waals surface area contributed by atoms with Gasteiger partial charge in [0.1, 0.15) is 12.4 Å². The van der Waals surface area contributed by atoms with Crippen molar-refractivity contribution >= 4 is 10.0 Å². The Morgan fingerprint density at radius 2 is 1.85 bits per heavy atom. The Balaban J connectivity index is 2.03. The van der Waals surface area contributed by atoms with E-state index >= 15 is 0 Å². The van der Waals surface area contributed by atoms with E-state index in [0.717, 1.165) is 30.9 Å². The van der Waals surface area contributed by atoms with Gasteiger partial charge >= 0.3 is 0 Å². The summed E-state index contributed by atoms with van der Waals surface area (Å²) in [5.74, 6) is 0.731. The van der Waals surface area contributed by atoms with Gasteiger partial charge in [-0.2, -0.15) is 0 Å². The summed E-state index contributed by atoms with van der Waals surface area (Å²) in [6, 6.07) is 3.33. The first-order chi connectivity index (χ1) is 9.38. The number of benzene rings is 1. The summed E-state index contributed by atoms with van der Waals surface area (Å²) < 4.78 is 28.6.